The molecule has 0 saturated carbocycles. The minimum absolute atomic E-state index is 0.500. The van der Waals surface area contributed by atoms with E-state index in [1.165, 1.54) is 12.0 Å². The van der Waals surface area contributed by atoms with E-state index in [-0.39, 0.29) is 0 Å². The van der Waals surface area contributed by atoms with Crippen molar-refractivity contribution in [2.45, 2.75) is 32.9 Å². The molecule has 1 aromatic rings. The predicted molar refractivity (Wildman–Crippen MR) is 70.8 cm³/mol. The molecule has 17 heavy (non-hydrogen) atoms. The van der Waals surface area contributed by atoms with Crippen molar-refractivity contribution < 1.29 is 4.74 Å². The molecule has 0 radical (unpaired) electrons. The molecule has 2 rings (SSSR count). The monoisotopic (exact) mass is 234 g/mol. The van der Waals surface area contributed by atoms with E-state index >= 15 is 0 Å². The zero-order valence-corrected chi connectivity index (χ0v) is 10.7. The lowest BCUT2D eigenvalue weighted by Gasteiger charge is -2.19. The highest BCUT2D eigenvalue weighted by molar-refractivity contribution is 5.48. The lowest BCUT2D eigenvalue weighted by molar-refractivity contribution is 0.178. The van der Waals surface area contributed by atoms with Crippen molar-refractivity contribution >= 4 is 5.69 Å². The standard InChI is InChI=1S/C14H22N2O/c1-10-3-4-12(7-14(10)15)8-16-11(2)13-5-6-17-9-13/h3-4,7,11,13,16H,5-6,8-9,15H2,1-2H3. The molecule has 0 bridgehead atoms. The van der Waals surface area contributed by atoms with E-state index < -0.39 is 0 Å². The third-order valence-corrected chi connectivity index (χ3v) is 3.64. The average Bonchev–Trinajstić information content (AvgIpc) is 2.84. The smallest absolute Gasteiger partial charge is 0.0509 e. The minimum Gasteiger partial charge on any atom is -0.399 e. The van der Waals surface area contributed by atoms with Crippen LogP contribution in [0.15, 0.2) is 18.2 Å². The summed E-state index contributed by atoms with van der Waals surface area (Å²) in [5, 5.41) is 3.55. The van der Waals surface area contributed by atoms with Gasteiger partial charge in [0.25, 0.3) is 0 Å². The molecule has 2 unspecified atom stereocenters. The number of aryl methyl sites for hydroxylation is 1. The van der Waals surface area contributed by atoms with Gasteiger partial charge in [0, 0.05) is 24.9 Å². The minimum atomic E-state index is 0.500. The number of hydrogen-bond donors (Lipinski definition) is 2. The third kappa shape index (κ3) is 3.20. The van der Waals surface area contributed by atoms with Crippen molar-refractivity contribution in [3.63, 3.8) is 0 Å². The highest BCUT2D eigenvalue weighted by atomic mass is 16.5. The Bertz CT molecular complexity index is 372. The van der Waals surface area contributed by atoms with Crippen LogP contribution in [0, 0.1) is 12.8 Å². The van der Waals surface area contributed by atoms with Gasteiger partial charge >= 0.3 is 0 Å². The fraction of sp³-hybridized carbons (Fsp3) is 0.571. The first kappa shape index (κ1) is 12.4. The van der Waals surface area contributed by atoms with E-state index in [0.717, 1.165) is 31.0 Å². The van der Waals surface area contributed by atoms with Gasteiger partial charge in [0.05, 0.1) is 6.61 Å². The van der Waals surface area contributed by atoms with E-state index in [2.05, 4.69) is 30.4 Å². The molecule has 2 atom stereocenters. The lowest BCUT2D eigenvalue weighted by atomic mass is 10.0. The zero-order valence-electron chi connectivity index (χ0n) is 10.7. The third-order valence-electron chi connectivity index (χ3n) is 3.64. The lowest BCUT2D eigenvalue weighted by Crippen LogP contribution is -2.33. The summed E-state index contributed by atoms with van der Waals surface area (Å²) in [7, 11) is 0. The van der Waals surface area contributed by atoms with Gasteiger partial charge in [-0.05, 0) is 43.4 Å². The summed E-state index contributed by atoms with van der Waals surface area (Å²) in [6.45, 7) is 6.95. The van der Waals surface area contributed by atoms with Crippen molar-refractivity contribution in [3.05, 3.63) is 29.3 Å². The number of anilines is 1. The molecule has 94 valence electrons. The second-order valence-electron chi connectivity index (χ2n) is 4.98. The van der Waals surface area contributed by atoms with Crippen molar-refractivity contribution in [2.75, 3.05) is 18.9 Å². The summed E-state index contributed by atoms with van der Waals surface area (Å²) in [5.74, 6) is 0.651. The molecule has 1 fully saturated rings. The molecule has 0 aliphatic carbocycles. The highest BCUT2D eigenvalue weighted by Crippen LogP contribution is 2.17. The summed E-state index contributed by atoms with van der Waals surface area (Å²) in [4.78, 5) is 0. The molecular formula is C14H22N2O. The van der Waals surface area contributed by atoms with Crippen LogP contribution in [-0.2, 0) is 11.3 Å². The Morgan fingerprint density at radius 1 is 1.53 bits per heavy atom. The fourth-order valence-corrected chi connectivity index (χ4v) is 2.19. The molecular weight excluding hydrogens is 212 g/mol. The van der Waals surface area contributed by atoms with E-state index in [0.29, 0.717) is 12.0 Å². The van der Waals surface area contributed by atoms with Crippen LogP contribution in [0.5, 0.6) is 0 Å². The van der Waals surface area contributed by atoms with Gasteiger partial charge in [0.2, 0.25) is 0 Å². The summed E-state index contributed by atoms with van der Waals surface area (Å²) in [6, 6.07) is 6.77. The van der Waals surface area contributed by atoms with Crippen LogP contribution >= 0.6 is 0 Å². The first-order valence-corrected chi connectivity index (χ1v) is 6.33. The molecule has 3 nitrogen and oxygen atoms in total. The van der Waals surface area contributed by atoms with Crippen LogP contribution in [0.2, 0.25) is 0 Å². The molecule has 1 aliphatic rings. The SMILES string of the molecule is Cc1ccc(CNC(C)C2CCOC2)cc1N. The molecule has 1 aromatic carbocycles. The van der Waals surface area contributed by atoms with E-state index in [4.69, 9.17) is 10.5 Å². The largest absolute Gasteiger partial charge is 0.399 e. The van der Waals surface area contributed by atoms with E-state index in [9.17, 15) is 0 Å². The van der Waals surface area contributed by atoms with E-state index in [1.54, 1.807) is 0 Å². The van der Waals surface area contributed by atoms with Gasteiger partial charge in [-0.25, -0.2) is 0 Å². The normalized spacial score (nSPS) is 21.6. The Balaban J connectivity index is 1.86. The van der Waals surface area contributed by atoms with Crippen LogP contribution in [0.3, 0.4) is 0 Å². The molecule has 3 heteroatoms. The molecule has 0 spiro atoms. The predicted octanol–water partition coefficient (Wildman–Crippen LogP) is 2.09. The Labute approximate surface area is 103 Å². The van der Waals surface area contributed by atoms with Gasteiger partial charge in [0.15, 0.2) is 0 Å². The maximum atomic E-state index is 5.90. The molecule has 1 saturated heterocycles. The van der Waals surface area contributed by atoms with Gasteiger partial charge < -0.3 is 15.8 Å². The molecule has 0 aromatic heterocycles. The Hall–Kier alpha value is -1.06. The number of ether oxygens (including phenoxy) is 1. The quantitative estimate of drug-likeness (QED) is 0.784. The van der Waals surface area contributed by atoms with Crippen molar-refractivity contribution in [3.8, 4) is 0 Å². The second kappa shape index (κ2) is 5.52. The Kier molecular flexibility index (Phi) is 4.02. The average molecular weight is 234 g/mol. The molecule has 1 heterocycles. The van der Waals surface area contributed by atoms with Crippen LogP contribution in [-0.4, -0.2) is 19.3 Å². The molecule has 3 N–H and O–H groups in total. The number of nitrogen functional groups attached to an aromatic ring is 1. The topological polar surface area (TPSA) is 47.3 Å². The summed E-state index contributed by atoms with van der Waals surface area (Å²) in [5.41, 5.74) is 9.17. The Morgan fingerprint density at radius 3 is 3.00 bits per heavy atom. The molecule has 0 amide bonds. The first-order valence-electron chi connectivity index (χ1n) is 6.33. The van der Waals surface area contributed by atoms with Crippen LogP contribution in [0.1, 0.15) is 24.5 Å². The van der Waals surface area contributed by atoms with E-state index in [1.807, 2.05) is 6.92 Å². The maximum Gasteiger partial charge on any atom is 0.0509 e. The number of hydrogen-bond acceptors (Lipinski definition) is 3. The fourth-order valence-electron chi connectivity index (χ4n) is 2.19. The number of benzene rings is 1. The van der Waals surface area contributed by atoms with Crippen molar-refractivity contribution in [1.29, 1.82) is 0 Å². The maximum absolute atomic E-state index is 5.90. The summed E-state index contributed by atoms with van der Waals surface area (Å²) in [6.07, 6.45) is 1.17. The number of nitrogens with one attached hydrogen (secondary N) is 1. The van der Waals surface area contributed by atoms with Gasteiger partial charge in [-0.3, -0.25) is 0 Å². The second-order valence-corrected chi connectivity index (χ2v) is 4.98. The van der Waals surface area contributed by atoms with Crippen LogP contribution in [0.25, 0.3) is 0 Å². The van der Waals surface area contributed by atoms with Gasteiger partial charge in [-0.15, -0.1) is 0 Å². The van der Waals surface area contributed by atoms with Crippen LogP contribution < -0.4 is 11.1 Å². The Morgan fingerprint density at radius 2 is 2.35 bits per heavy atom. The molecule has 1 aliphatic heterocycles. The van der Waals surface area contributed by atoms with Crippen molar-refractivity contribution in [2.24, 2.45) is 5.92 Å². The van der Waals surface area contributed by atoms with Crippen molar-refractivity contribution in [1.82, 2.24) is 5.32 Å². The number of nitrogens with two attached hydrogens (primary N) is 1. The summed E-state index contributed by atoms with van der Waals surface area (Å²) >= 11 is 0. The first-order chi connectivity index (χ1) is 8.16. The van der Waals surface area contributed by atoms with Gasteiger partial charge in [-0.1, -0.05) is 12.1 Å². The zero-order chi connectivity index (χ0) is 12.3. The number of rotatable bonds is 4. The van der Waals surface area contributed by atoms with Crippen LogP contribution in [0.4, 0.5) is 5.69 Å². The van der Waals surface area contributed by atoms with Gasteiger partial charge in [-0.2, -0.15) is 0 Å². The summed E-state index contributed by atoms with van der Waals surface area (Å²) < 4.78 is 5.41. The van der Waals surface area contributed by atoms with Gasteiger partial charge in [0.1, 0.15) is 0 Å². The highest BCUT2D eigenvalue weighted by Gasteiger charge is 2.21.